The third kappa shape index (κ3) is 2.89. The van der Waals surface area contributed by atoms with Crippen LogP contribution in [0.1, 0.15) is 24.8 Å². The summed E-state index contributed by atoms with van der Waals surface area (Å²) in [6.07, 6.45) is 5.43. The number of ether oxygens (including phenoxy) is 1. The molecule has 0 radical (unpaired) electrons. The number of Topliss-reactive ketones (excluding diaryl/α,β-unsaturated/α-hetero) is 1. The largest absolute Gasteiger partial charge is 0.496 e. The van der Waals surface area contributed by atoms with Crippen molar-refractivity contribution >= 4 is 17.4 Å². The van der Waals surface area contributed by atoms with Gasteiger partial charge in [0.05, 0.1) is 7.11 Å². The summed E-state index contributed by atoms with van der Waals surface area (Å²) in [5, 5.41) is 0.633. The van der Waals surface area contributed by atoms with E-state index in [1.807, 2.05) is 6.08 Å². The van der Waals surface area contributed by atoms with Gasteiger partial charge >= 0.3 is 0 Å². The Morgan fingerprint density at radius 3 is 2.94 bits per heavy atom. The molecule has 2 nitrogen and oxygen atoms in total. The molecule has 0 unspecified atom stereocenters. The second-order valence-electron chi connectivity index (χ2n) is 4.18. The molecule has 0 spiro atoms. The molecule has 17 heavy (non-hydrogen) atoms. The molecule has 0 fully saturated rings. The number of rotatable bonds is 4. The van der Waals surface area contributed by atoms with Crippen molar-refractivity contribution in [3.8, 4) is 5.75 Å². The summed E-state index contributed by atoms with van der Waals surface area (Å²) in [5.74, 6) is 0.907. The first-order valence-electron chi connectivity index (χ1n) is 5.75. The summed E-state index contributed by atoms with van der Waals surface area (Å²) < 4.78 is 5.23. The Bertz CT molecular complexity index is 463. The van der Waals surface area contributed by atoms with E-state index in [0.29, 0.717) is 11.4 Å². The second kappa shape index (κ2) is 5.37. The fourth-order valence-corrected chi connectivity index (χ4v) is 2.29. The monoisotopic (exact) mass is 250 g/mol. The predicted octanol–water partition coefficient (Wildman–Crippen LogP) is 3.57. The maximum Gasteiger partial charge on any atom is 0.163 e. The molecule has 0 N–H and O–H groups in total. The average molecular weight is 251 g/mol. The summed E-state index contributed by atoms with van der Waals surface area (Å²) in [4.78, 5) is 12.0. The summed E-state index contributed by atoms with van der Waals surface area (Å²) in [7, 11) is 1.60. The van der Waals surface area contributed by atoms with Crippen molar-refractivity contribution in [2.45, 2.75) is 25.7 Å². The van der Waals surface area contributed by atoms with Gasteiger partial charge in [-0.2, -0.15) is 0 Å². The molecule has 0 saturated heterocycles. The zero-order valence-corrected chi connectivity index (χ0v) is 10.6. The lowest BCUT2D eigenvalue weighted by molar-refractivity contribution is -0.115. The molecule has 1 aromatic carbocycles. The van der Waals surface area contributed by atoms with E-state index < -0.39 is 0 Å². The van der Waals surface area contributed by atoms with Crippen LogP contribution in [0.25, 0.3) is 0 Å². The van der Waals surface area contributed by atoms with E-state index in [2.05, 4.69) is 0 Å². The molecule has 0 aromatic heterocycles. The van der Waals surface area contributed by atoms with Crippen molar-refractivity contribution in [3.63, 3.8) is 0 Å². The Labute approximate surface area is 106 Å². The first kappa shape index (κ1) is 12.2. The van der Waals surface area contributed by atoms with Crippen LogP contribution in [0, 0.1) is 0 Å². The van der Waals surface area contributed by atoms with E-state index in [1.165, 1.54) is 0 Å². The van der Waals surface area contributed by atoms with Gasteiger partial charge in [0.1, 0.15) is 5.75 Å². The smallest absolute Gasteiger partial charge is 0.163 e. The van der Waals surface area contributed by atoms with E-state index in [-0.39, 0.29) is 5.78 Å². The molecule has 2 rings (SSSR count). The molecule has 3 heteroatoms. The van der Waals surface area contributed by atoms with Gasteiger partial charge in [-0.25, -0.2) is 0 Å². The van der Waals surface area contributed by atoms with Gasteiger partial charge in [0, 0.05) is 17.0 Å². The average Bonchev–Trinajstić information content (AvgIpc) is 2.83. The van der Waals surface area contributed by atoms with Gasteiger partial charge in [0.2, 0.25) is 0 Å². The van der Waals surface area contributed by atoms with Crippen LogP contribution in [0.5, 0.6) is 5.75 Å². The minimum atomic E-state index is 0.183. The first-order valence-corrected chi connectivity index (χ1v) is 6.13. The lowest BCUT2D eigenvalue weighted by Crippen LogP contribution is -2.06. The van der Waals surface area contributed by atoms with Crippen molar-refractivity contribution < 1.29 is 9.53 Å². The van der Waals surface area contributed by atoms with Crippen LogP contribution in [0.15, 0.2) is 29.8 Å². The molecule has 0 aliphatic heterocycles. The second-order valence-corrected chi connectivity index (χ2v) is 4.61. The molecule has 1 aliphatic carbocycles. The van der Waals surface area contributed by atoms with Crippen LogP contribution in [-0.2, 0) is 11.2 Å². The quantitative estimate of drug-likeness (QED) is 0.817. The minimum Gasteiger partial charge on any atom is -0.496 e. The molecule has 0 amide bonds. The van der Waals surface area contributed by atoms with E-state index in [4.69, 9.17) is 16.3 Å². The lowest BCUT2D eigenvalue weighted by atomic mass is 10.0. The number of hydrogen-bond donors (Lipinski definition) is 0. The first-order chi connectivity index (χ1) is 8.20. The Kier molecular flexibility index (Phi) is 3.85. The lowest BCUT2D eigenvalue weighted by Gasteiger charge is -2.08. The number of allylic oxidation sites excluding steroid dienone is 2. The topological polar surface area (TPSA) is 26.3 Å². The molecule has 1 aromatic rings. The normalized spacial score (nSPS) is 14.6. The van der Waals surface area contributed by atoms with Gasteiger partial charge in [0.15, 0.2) is 5.78 Å². The molecule has 0 bridgehead atoms. The van der Waals surface area contributed by atoms with Crippen molar-refractivity contribution in [1.29, 1.82) is 0 Å². The molecular formula is C14H15ClO2. The molecule has 0 saturated carbocycles. The number of ketones is 1. The summed E-state index contributed by atoms with van der Waals surface area (Å²) >= 11 is 5.94. The van der Waals surface area contributed by atoms with Crippen LogP contribution in [0.2, 0.25) is 5.02 Å². The zero-order chi connectivity index (χ0) is 12.3. The van der Waals surface area contributed by atoms with Crippen LogP contribution in [0.4, 0.5) is 0 Å². The fourth-order valence-electron chi connectivity index (χ4n) is 2.10. The number of methoxy groups -OCH3 is 1. The van der Waals surface area contributed by atoms with E-state index in [9.17, 15) is 4.79 Å². The molecular weight excluding hydrogens is 236 g/mol. The van der Waals surface area contributed by atoms with Crippen molar-refractivity contribution in [2.75, 3.05) is 7.11 Å². The highest BCUT2D eigenvalue weighted by molar-refractivity contribution is 6.30. The highest BCUT2D eigenvalue weighted by atomic mass is 35.5. The summed E-state index contributed by atoms with van der Waals surface area (Å²) in [6, 6.07) is 5.37. The third-order valence-electron chi connectivity index (χ3n) is 2.99. The maximum absolute atomic E-state index is 12.0. The maximum atomic E-state index is 12.0. The number of hydrogen-bond acceptors (Lipinski definition) is 2. The van der Waals surface area contributed by atoms with Gasteiger partial charge in [-0.05, 0) is 43.0 Å². The van der Waals surface area contributed by atoms with Crippen LogP contribution in [-0.4, -0.2) is 12.9 Å². The third-order valence-corrected chi connectivity index (χ3v) is 3.23. The number of carbonyl (C=O) groups is 1. The van der Waals surface area contributed by atoms with Gasteiger partial charge in [-0.15, -0.1) is 0 Å². The molecule has 90 valence electrons. The Morgan fingerprint density at radius 1 is 1.47 bits per heavy atom. The standard InChI is InChI=1S/C14H15ClO2/c1-17-14-7-6-12(15)8-11(14)9-13(16)10-4-2-3-5-10/h4,6-8H,2-3,5,9H2,1H3. The van der Waals surface area contributed by atoms with Crippen LogP contribution in [0.3, 0.4) is 0 Å². The van der Waals surface area contributed by atoms with Gasteiger partial charge in [-0.3, -0.25) is 4.79 Å². The van der Waals surface area contributed by atoms with Crippen LogP contribution >= 0.6 is 11.6 Å². The van der Waals surface area contributed by atoms with Crippen molar-refractivity contribution in [2.24, 2.45) is 0 Å². The van der Waals surface area contributed by atoms with Crippen molar-refractivity contribution in [1.82, 2.24) is 0 Å². The number of benzene rings is 1. The predicted molar refractivity (Wildman–Crippen MR) is 68.6 cm³/mol. The Balaban J connectivity index is 2.17. The summed E-state index contributed by atoms with van der Waals surface area (Å²) in [6.45, 7) is 0. The molecule has 1 aliphatic rings. The number of carbonyl (C=O) groups excluding carboxylic acids is 1. The highest BCUT2D eigenvalue weighted by Gasteiger charge is 2.16. The van der Waals surface area contributed by atoms with Crippen molar-refractivity contribution in [3.05, 3.63) is 40.4 Å². The minimum absolute atomic E-state index is 0.183. The molecule has 0 atom stereocenters. The Hall–Kier alpha value is -1.28. The van der Waals surface area contributed by atoms with E-state index >= 15 is 0 Å². The van der Waals surface area contributed by atoms with Gasteiger partial charge in [-0.1, -0.05) is 17.7 Å². The zero-order valence-electron chi connectivity index (χ0n) is 9.83. The fraction of sp³-hybridized carbons (Fsp3) is 0.357. The van der Waals surface area contributed by atoms with E-state index in [1.54, 1.807) is 25.3 Å². The van der Waals surface area contributed by atoms with E-state index in [0.717, 1.165) is 36.1 Å². The Morgan fingerprint density at radius 2 is 2.29 bits per heavy atom. The SMILES string of the molecule is COc1ccc(Cl)cc1CC(=O)C1=CCCC1. The van der Waals surface area contributed by atoms with Gasteiger partial charge < -0.3 is 4.74 Å². The summed E-state index contributed by atoms with van der Waals surface area (Å²) in [5.41, 5.74) is 1.81. The highest BCUT2D eigenvalue weighted by Crippen LogP contribution is 2.26. The number of halogens is 1. The molecule has 0 heterocycles. The van der Waals surface area contributed by atoms with Gasteiger partial charge in [0.25, 0.3) is 0 Å². The van der Waals surface area contributed by atoms with Crippen LogP contribution < -0.4 is 4.74 Å².